The summed E-state index contributed by atoms with van der Waals surface area (Å²) in [5.74, 6) is -0.889. The molecule has 0 aliphatic heterocycles. The van der Waals surface area contributed by atoms with Crippen molar-refractivity contribution >= 4 is 13.8 Å². The third-order valence-electron chi connectivity index (χ3n) is 0.871. The molecule has 6 nitrogen and oxygen atoms in total. The molecule has 0 bridgehead atoms. The molecule has 0 saturated carbocycles. The SMILES string of the molecule is CCOC(=O)C=C(C)OP(=O)(O)O. The van der Waals surface area contributed by atoms with Crippen molar-refractivity contribution in [1.29, 1.82) is 0 Å². The summed E-state index contributed by atoms with van der Waals surface area (Å²) in [6.45, 7) is 3.06. The minimum Gasteiger partial charge on any atom is -0.463 e. The monoisotopic (exact) mass is 210 g/mol. The first-order chi connectivity index (χ1) is 5.85. The first-order valence-electron chi connectivity index (χ1n) is 3.45. The highest BCUT2D eigenvalue weighted by Crippen LogP contribution is 2.38. The van der Waals surface area contributed by atoms with Crippen LogP contribution in [-0.4, -0.2) is 22.4 Å². The standard InChI is InChI=1S/C6H11O6P/c1-3-11-6(7)4-5(2)12-13(8,9)10/h4H,3H2,1-2H3,(H2,8,9,10). The van der Waals surface area contributed by atoms with Crippen molar-refractivity contribution in [2.45, 2.75) is 13.8 Å². The van der Waals surface area contributed by atoms with Crippen molar-refractivity contribution in [1.82, 2.24) is 0 Å². The molecule has 76 valence electrons. The summed E-state index contributed by atoms with van der Waals surface area (Å²) >= 11 is 0. The van der Waals surface area contributed by atoms with Gasteiger partial charge < -0.3 is 9.26 Å². The van der Waals surface area contributed by atoms with E-state index in [2.05, 4.69) is 9.26 Å². The fourth-order valence-corrected chi connectivity index (χ4v) is 0.992. The summed E-state index contributed by atoms with van der Waals surface area (Å²) in [7, 11) is -4.57. The number of hydrogen-bond acceptors (Lipinski definition) is 4. The topological polar surface area (TPSA) is 93.1 Å². The van der Waals surface area contributed by atoms with Crippen LogP contribution in [-0.2, 0) is 18.6 Å². The number of hydrogen-bond donors (Lipinski definition) is 2. The zero-order valence-electron chi connectivity index (χ0n) is 7.26. The number of rotatable bonds is 4. The van der Waals surface area contributed by atoms with E-state index >= 15 is 0 Å². The van der Waals surface area contributed by atoms with Crippen LogP contribution in [0, 0.1) is 0 Å². The average molecular weight is 210 g/mol. The van der Waals surface area contributed by atoms with Gasteiger partial charge in [0.1, 0.15) is 5.76 Å². The molecular weight excluding hydrogens is 199 g/mol. The van der Waals surface area contributed by atoms with Gasteiger partial charge in [0.2, 0.25) is 0 Å². The molecule has 0 aromatic heterocycles. The van der Waals surface area contributed by atoms with Crippen LogP contribution in [0.5, 0.6) is 0 Å². The molecule has 0 rings (SSSR count). The van der Waals surface area contributed by atoms with Gasteiger partial charge in [-0.25, -0.2) is 9.36 Å². The van der Waals surface area contributed by atoms with Crippen molar-refractivity contribution in [3.63, 3.8) is 0 Å². The van der Waals surface area contributed by atoms with Gasteiger partial charge in [-0.3, -0.25) is 9.79 Å². The molecule has 0 aromatic rings. The molecule has 0 spiro atoms. The fraction of sp³-hybridized carbons (Fsp3) is 0.500. The molecule has 0 unspecified atom stereocenters. The zero-order valence-corrected chi connectivity index (χ0v) is 8.15. The highest BCUT2D eigenvalue weighted by Gasteiger charge is 2.15. The van der Waals surface area contributed by atoms with E-state index < -0.39 is 13.8 Å². The molecule has 0 aromatic carbocycles. The summed E-state index contributed by atoms with van der Waals surface area (Å²) in [5.41, 5.74) is 0. The lowest BCUT2D eigenvalue weighted by Gasteiger charge is -2.05. The lowest BCUT2D eigenvalue weighted by atomic mass is 10.5. The van der Waals surface area contributed by atoms with Gasteiger partial charge in [-0.1, -0.05) is 0 Å². The van der Waals surface area contributed by atoms with E-state index in [1.807, 2.05) is 0 Å². The van der Waals surface area contributed by atoms with Crippen molar-refractivity contribution in [3.05, 3.63) is 11.8 Å². The summed E-state index contributed by atoms with van der Waals surface area (Å²) in [4.78, 5) is 27.4. The van der Waals surface area contributed by atoms with E-state index in [-0.39, 0.29) is 12.4 Å². The van der Waals surface area contributed by atoms with Gasteiger partial charge in [-0.15, -0.1) is 0 Å². The molecule has 7 heteroatoms. The highest BCUT2D eigenvalue weighted by atomic mass is 31.2. The van der Waals surface area contributed by atoms with Crippen molar-refractivity contribution in [2.75, 3.05) is 6.61 Å². The Morgan fingerprint density at radius 2 is 2.08 bits per heavy atom. The number of allylic oxidation sites excluding steroid dienone is 1. The van der Waals surface area contributed by atoms with E-state index in [4.69, 9.17) is 9.79 Å². The summed E-state index contributed by atoms with van der Waals surface area (Å²) in [5, 5.41) is 0. The normalized spacial score (nSPS) is 12.5. The van der Waals surface area contributed by atoms with Crippen molar-refractivity contribution in [2.24, 2.45) is 0 Å². The predicted molar refractivity (Wildman–Crippen MR) is 43.5 cm³/mol. The molecule has 0 heterocycles. The number of ether oxygens (including phenoxy) is 1. The molecule has 13 heavy (non-hydrogen) atoms. The van der Waals surface area contributed by atoms with Gasteiger partial charge in [-0.2, -0.15) is 0 Å². The van der Waals surface area contributed by atoms with Crippen LogP contribution in [0.15, 0.2) is 11.8 Å². The number of carbonyl (C=O) groups is 1. The Bertz CT molecular complexity index is 252. The van der Waals surface area contributed by atoms with Crippen molar-refractivity contribution < 1.29 is 28.4 Å². The molecule has 0 aliphatic rings. The Hall–Kier alpha value is -0.840. The molecule has 2 N–H and O–H groups in total. The quantitative estimate of drug-likeness (QED) is 0.305. The molecule has 0 amide bonds. The Balaban J connectivity index is 4.17. The van der Waals surface area contributed by atoms with Gasteiger partial charge >= 0.3 is 13.8 Å². The Morgan fingerprint density at radius 3 is 2.46 bits per heavy atom. The predicted octanol–water partition coefficient (Wildman–Crippen LogP) is 0.563. The van der Waals surface area contributed by atoms with Gasteiger partial charge in [-0.05, 0) is 13.8 Å². The van der Waals surface area contributed by atoms with Gasteiger partial charge in [0.15, 0.2) is 0 Å². The molecule has 0 fully saturated rings. The third-order valence-corrected chi connectivity index (χ3v) is 1.40. The Morgan fingerprint density at radius 1 is 1.54 bits per heavy atom. The molecular formula is C6H11O6P. The Kier molecular flexibility index (Phi) is 4.69. The minimum atomic E-state index is -4.57. The Labute approximate surface area is 75.4 Å². The molecule has 0 atom stereocenters. The maximum Gasteiger partial charge on any atom is 0.524 e. The van der Waals surface area contributed by atoms with E-state index in [1.54, 1.807) is 6.92 Å². The maximum absolute atomic E-state index is 10.7. The van der Waals surface area contributed by atoms with Gasteiger partial charge in [0.05, 0.1) is 12.7 Å². The number of carbonyl (C=O) groups excluding carboxylic acids is 1. The second kappa shape index (κ2) is 5.01. The average Bonchev–Trinajstić information content (AvgIpc) is 1.81. The first kappa shape index (κ1) is 12.2. The van der Waals surface area contributed by atoms with E-state index in [1.165, 1.54) is 6.92 Å². The first-order valence-corrected chi connectivity index (χ1v) is 4.98. The summed E-state index contributed by atoms with van der Waals surface area (Å²) in [6.07, 6.45) is 0.864. The van der Waals surface area contributed by atoms with Crippen LogP contribution in [0.25, 0.3) is 0 Å². The van der Waals surface area contributed by atoms with E-state index in [9.17, 15) is 9.36 Å². The van der Waals surface area contributed by atoms with Crippen LogP contribution in [0.1, 0.15) is 13.8 Å². The summed E-state index contributed by atoms with van der Waals surface area (Å²) in [6, 6.07) is 0. The van der Waals surface area contributed by atoms with Gasteiger partial charge in [0.25, 0.3) is 0 Å². The van der Waals surface area contributed by atoms with Crippen LogP contribution < -0.4 is 0 Å². The lowest BCUT2D eigenvalue weighted by molar-refractivity contribution is -0.137. The van der Waals surface area contributed by atoms with Gasteiger partial charge in [0, 0.05) is 0 Å². The maximum atomic E-state index is 10.7. The fourth-order valence-electron chi connectivity index (χ4n) is 0.564. The van der Waals surface area contributed by atoms with E-state index in [0.717, 1.165) is 6.08 Å². The van der Waals surface area contributed by atoms with Crippen LogP contribution >= 0.6 is 7.82 Å². The number of phosphoric ester groups is 1. The molecule has 0 saturated heterocycles. The third kappa shape index (κ3) is 7.52. The van der Waals surface area contributed by atoms with Crippen LogP contribution in [0.4, 0.5) is 0 Å². The zero-order chi connectivity index (χ0) is 10.5. The molecule has 0 radical (unpaired) electrons. The van der Waals surface area contributed by atoms with E-state index in [0.29, 0.717) is 0 Å². The highest BCUT2D eigenvalue weighted by molar-refractivity contribution is 7.46. The van der Waals surface area contributed by atoms with Crippen molar-refractivity contribution in [3.8, 4) is 0 Å². The minimum absolute atomic E-state index is 0.188. The molecule has 0 aliphatic carbocycles. The smallest absolute Gasteiger partial charge is 0.463 e. The second-order valence-electron chi connectivity index (χ2n) is 2.09. The number of phosphoric acid groups is 1. The summed E-state index contributed by atoms with van der Waals surface area (Å²) < 4.78 is 18.8. The van der Waals surface area contributed by atoms with Crippen LogP contribution in [0.2, 0.25) is 0 Å². The second-order valence-corrected chi connectivity index (χ2v) is 3.25. The van der Waals surface area contributed by atoms with Crippen LogP contribution in [0.3, 0.4) is 0 Å². The largest absolute Gasteiger partial charge is 0.524 e. The lowest BCUT2D eigenvalue weighted by Crippen LogP contribution is -2.01. The number of esters is 1.